The van der Waals surface area contributed by atoms with Gasteiger partial charge in [0.15, 0.2) is 5.13 Å². The van der Waals surface area contributed by atoms with Crippen LogP contribution in [0.1, 0.15) is 37.0 Å². The van der Waals surface area contributed by atoms with Crippen LogP contribution in [0.2, 0.25) is 5.02 Å². The molecular weight excluding hydrogens is 460 g/mol. The smallest absolute Gasteiger partial charge is 0.260 e. The zero-order chi connectivity index (χ0) is 23.5. The highest BCUT2D eigenvalue weighted by atomic mass is 35.5. The van der Waals surface area contributed by atoms with Crippen LogP contribution >= 0.6 is 22.9 Å². The van der Waals surface area contributed by atoms with Crippen LogP contribution in [0.4, 0.5) is 10.8 Å². The van der Waals surface area contributed by atoms with Gasteiger partial charge in [-0.3, -0.25) is 24.2 Å². The van der Waals surface area contributed by atoms with E-state index >= 15 is 0 Å². The number of anilines is 2. The molecule has 4 rings (SSSR count). The number of fused-ring (bicyclic) bond motifs is 1. The number of carbonyl (C=O) groups excluding carboxylic acids is 3. The molecule has 0 bridgehead atoms. The Morgan fingerprint density at radius 3 is 2.42 bits per heavy atom. The summed E-state index contributed by atoms with van der Waals surface area (Å²) in [7, 11) is 0. The number of carbonyl (C=O) groups is 3. The van der Waals surface area contributed by atoms with E-state index in [2.05, 4.69) is 23.7 Å². The number of amides is 3. The number of imide groups is 1. The topological polar surface area (TPSA) is 73.8 Å². The summed E-state index contributed by atoms with van der Waals surface area (Å²) in [5.74, 6) is -0.731. The van der Waals surface area contributed by atoms with E-state index in [1.165, 1.54) is 11.3 Å². The minimum atomic E-state index is -0.246. The molecule has 9 heteroatoms. The number of likely N-dealkylation sites (N-methyl/N-ethyl adjacent to an activating group) is 1. The lowest BCUT2D eigenvalue weighted by Crippen LogP contribution is -2.39. The van der Waals surface area contributed by atoms with E-state index in [9.17, 15) is 14.4 Å². The molecule has 0 spiro atoms. The van der Waals surface area contributed by atoms with Crippen molar-refractivity contribution < 1.29 is 14.4 Å². The molecule has 0 N–H and O–H groups in total. The van der Waals surface area contributed by atoms with Crippen molar-refractivity contribution in [3.63, 3.8) is 0 Å². The molecule has 2 heterocycles. The molecule has 0 aliphatic carbocycles. The Balaban J connectivity index is 1.69. The SMILES string of the molecule is CCN(CC)CCN(C(=O)c1cccc(N2C(=O)CCC2=O)c1)c1nc2c(Cl)cccc2s1. The molecule has 33 heavy (non-hydrogen) atoms. The lowest BCUT2D eigenvalue weighted by molar-refractivity contribution is -0.121. The van der Waals surface area contributed by atoms with Crippen molar-refractivity contribution in [1.29, 1.82) is 0 Å². The van der Waals surface area contributed by atoms with Crippen LogP contribution < -0.4 is 9.80 Å². The number of aromatic nitrogens is 1. The van der Waals surface area contributed by atoms with Crippen molar-refractivity contribution in [3.05, 3.63) is 53.1 Å². The zero-order valence-electron chi connectivity index (χ0n) is 18.6. The van der Waals surface area contributed by atoms with E-state index in [0.717, 1.165) is 22.7 Å². The van der Waals surface area contributed by atoms with E-state index < -0.39 is 0 Å². The van der Waals surface area contributed by atoms with Gasteiger partial charge in [-0.25, -0.2) is 4.98 Å². The van der Waals surface area contributed by atoms with Crippen LogP contribution in [-0.4, -0.2) is 53.8 Å². The highest BCUT2D eigenvalue weighted by Crippen LogP contribution is 2.34. The second-order valence-corrected chi connectivity index (χ2v) is 9.16. The van der Waals surface area contributed by atoms with Crippen molar-refractivity contribution in [2.75, 3.05) is 36.0 Å². The molecule has 3 aromatic rings. The van der Waals surface area contributed by atoms with E-state index in [1.54, 1.807) is 35.2 Å². The third-order valence-electron chi connectivity index (χ3n) is 5.77. The first kappa shape index (κ1) is 23.4. The van der Waals surface area contributed by atoms with E-state index in [0.29, 0.717) is 40.0 Å². The molecule has 1 aromatic heterocycles. The summed E-state index contributed by atoms with van der Waals surface area (Å²) in [5.41, 5.74) is 1.48. The van der Waals surface area contributed by atoms with Crippen molar-refractivity contribution in [2.45, 2.75) is 26.7 Å². The van der Waals surface area contributed by atoms with E-state index in [1.807, 2.05) is 12.1 Å². The number of halogens is 1. The van der Waals surface area contributed by atoms with Gasteiger partial charge in [0.1, 0.15) is 5.52 Å². The van der Waals surface area contributed by atoms with Crippen molar-refractivity contribution in [3.8, 4) is 0 Å². The zero-order valence-corrected chi connectivity index (χ0v) is 20.2. The lowest BCUT2D eigenvalue weighted by atomic mass is 10.1. The average molecular weight is 485 g/mol. The largest absolute Gasteiger partial charge is 0.302 e. The minimum Gasteiger partial charge on any atom is -0.302 e. The Kier molecular flexibility index (Phi) is 7.07. The normalized spacial score (nSPS) is 14.0. The molecule has 3 amide bonds. The Hall–Kier alpha value is -2.81. The number of hydrogen-bond acceptors (Lipinski definition) is 6. The highest BCUT2D eigenvalue weighted by molar-refractivity contribution is 7.22. The van der Waals surface area contributed by atoms with Gasteiger partial charge in [0.25, 0.3) is 5.91 Å². The summed E-state index contributed by atoms with van der Waals surface area (Å²) >= 11 is 7.74. The van der Waals surface area contributed by atoms with Gasteiger partial charge in [-0.05, 0) is 43.4 Å². The van der Waals surface area contributed by atoms with Gasteiger partial charge in [0, 0.05) is 31.5 Å². The summed E-state index contributed by atoms with van der Waals surface area (Å²) in [6.07, 6.45) is 0.388. The average Bonchev–Trinajstić information content (AvgIpc) is 3.40. The van der Waals surface area contributed by atoms with Crippen LogP contribution in [-0.2, 0) is 9.59 Å². The second-order valence-electron chi connectivity index (χ2n) is 7.74. The molecule has 7 nitrogen and oxygen atoms in total. The third-order valence-corrected chi connectivity index (χ3v) is 7.12. The number of thiazole rings is 1. The second kappa shape index (κ2) is 9.99. The molecule has 172 valence electrons. The number of rotatable bonds is 8. The molecule has 0 saturated carbocycles. The quantitative estimate of drug-likeness (QED) is 0.437. The van der Waals surface area contributed by atoms with Crippen molar-refractivity contribution >= 4 is 61.7 Å². The monoisotopic (exact) mass is 484 g/mol. The first-order valence-electron chi connectivity index (χ1n) is 11.0. The molecule has 1 saturated heterocycles. The molecule has 1 aliphatic rings. The highest BCUT2D eigenvalue weighted by Gasteiger charge is 2.31. The Morgan fingerprint density at radius 1 is 1.06 bits per heavy atom. The fourth-order valence-corrected chi connectivity index (χ4v) is 5.17. The van der Waals surface area contributed by atoms with Crippen molar-refractivity contribution in [1.82, 2.24) is 9.88 Å². The molecule has 2 aromatic carbocycles. The summed E-state index contributed by atoms with van der Waals surface area (Å²) in [4.78, 5) is 47.8. The summed E-state index contributed by atoms with van der Waals surface area (Å²) in [5, 5.41) is 1.10. The molecule has 1 aliphatic heterocycles. The van der Waals surface area contributed by atoms with Gasteiger partial charge in [0.2, 0.25) is 11.8 Å². The number of benzene rings is 2. The van der Waals surface area contributed by atoms with Gasteiger partial charge in [0.05, 0.1) is 15.4 Å². The maximum absolute atomic E-state index is 13.7. The number of nitrogens with zero attached hydrogens (tertiary/aromatic N) is 4. The van der Waals surface area contributed by atoms with Crippen LogP contribution in [0.25, 0.3) is 10.2 Å². The molecular formula is C24H25ClN4O3S. The van der Waals surface area contributed by atoms with Gasteiger partial charge in [-0.15, -0.1) is 0 Å². The first-order valence-corrected chi connectivity index (χ1v) is 12.2. The number of para-hydroxylation sites is 1. The number of hydrogen-bond donors (Lipinski definition) is 0. The van der Waals surface area contributed by atoms with Crippen LogP contribution in [0.15, 0.2) is 42.5 Å². The predicted octanol–water partition coefficient (Wildman–Crippen LogP) is 4.59. The predicted molar refractivity (Wildman–Crippen MR) is 132 cm³/mol. The maximum Gasteiger partial charge on any atom is 0.260 e. The van der Waals surface area contributed by atoms with Crippen LogP contribution in [0.5, 0.6) is 0 Å². The van der Waals surface area contributed by atoms with Gasteiger partial charge < -0.3 is 4.90 Å². The van der Waals surface area contributed by atoms with Gasteiger partial charge in [-0.1, -0.05) is 48.9 Å². The first-order chi connectivity index (χ1) is 15.9. The summed E-state index contributed by atoms with van der Waals surface area (Å²) in [6, 6.07) is 12.2. The standard InChI is InChI=1S/C24H25ClN4O3S/c1-3-27(4-2)13-14-28(24-26-22-18(25)9-6-10-19(22)33-24)23(32)16-7-5-8-17(15-16)29-20(30)11-12-21(29)31/h5-10,15H,3-4,11-14H2,1-2H3. The van der Waals surface area contributed by atoms with Crippen molar-refractivity contribution in [2.24, 2.45) is 0 Å². The third kappa shape index (κ3) is 4.78. The lowest BCUT2D eigenvalue weighted by Gasteiger charge is -2.25. The molecule has 1 fully saturated rings. The van der Waals surface area contributed by atoms with E-state index in [4.69, 9.17) is 11.6 Å². The van der Waals surface area contributed by atoms with Gasteiger partial charge in [-0.2, -0.15) is 0 Å². The fourth-order valence-electron chi connectivity index (χ4n) is 3.88. The fraction of sp³-hybridized carbons (Fsp3) is 0.333. The van der Waals surface area contributed by atoms with Gasteiger partial charge >= 0.3 is 0 Å². The Morgan fingerprint density at radius 2 is 1.76 bits per heavy atom. The molecule has 0 atom stereocenters. The molecule has 0 unspecified atom stereocenters. The summed E-state index contributed by atoms with van der Waals surface area (Å²) < 4.78 is 0.903. The van der Waals surface area contributed by atoms with E-state index in [-0.39, 0.29) is 30.6 Å². The summed E-state index contributed by atoms with van der Waals surface area (Å²) in [6.45, 7) is 7.05. The van der Waals surface area contributed by atoms with Crippen LogP contribution in [0, 0.1) is 0 Å². The Labute approximate surface area is 201 Å². The van der Waals surface area contributed by atoms with Crippen LogP contribution in [0.3, 0.4) is 0 Å². The Bertz CT molecular complexity index is 1190. The molecule has 0 radical (unpaired) electrons. The maximum atomic E-state index is 13.7. The minimum absolute atomic E-state index is 0.194.